The van der Waals surface area contributed by atoms with Crippen LogP contribution in [0.4, 0.5) is 5.69 Å². The number of phenols is 1. The van der Waals surface area contributed by atoms with Gasteiger partial charge in [0.2, 0.25) is 5.91 Å². The highest BCUT2D eigenvalue weighted by Crippen LogP contribution is 2.42. The molecule has 104 valence electrons. The van der Waals surface area contributed by atoms with E-state index in [4.69, 9.17) is 34.8 Å². The van der Waals surface area contributed by atoms with Gasteiger partial charge in [0, 0.05) is 5.92 Å². The maximum absolute atomic E-state index is 12.1. The lowest BCUT2D eigenvalue weighted by Gasteiger charge is -2.22. The third-order valence-electron chi connectivity index (χ3n) is 3.10. The van der Waals surface area contributed by atoms with E-state index in [0.717, 1.165) is 25.9 Å². The maximum atomic E-state index is 12.1. The zero-order valence-electron chi connectivity index (χ0n) is 9.97. The molecule has 0 saturated carbocycles. The number of nitrogens with one attached hydrogen (secondary N) is 2. The Morgan fingerprint density at radius 1 is 1.26 bits per heavy atom. The lowest BCUT2D eigenvalue weighted by atomic mass is 9.97. The Morgan fingerprint density at radius 3 is 2.53 bits per heavy atom. The van der Waals surface area contributed by atoms with Gasteiger partial charge in [0.25, 0.3) is 0 Å². The molecule has 0 aliphatic carbocycles. The topological polar surface area (TPSA) is 61.4 Å². The molecular weight excluding hydrogens is 311 g/mol. The number of aromatic hydroxyl groups is 1. The van der Waals surface area contributed by atoms with Gasteiger partial charge in [-0.05, 0) is 32.0 Å². The molecule has 19 heavy (non-hydrogen) atoms. The van der Waals surface area contributed by atoms with Crippen molar-refractivity contribution in [1.29, 1.82) is 0 Å². The van der Waals surface area contributed by atoms with Gasteiger partial charge in [-0.25, -0.2) is 0 Å². The number of phenolic OH excluding ortho intramolecular Hbond substituents is 1. The summed E-state index contributed by atoms with van der Waals surface area (Å²) in [6.07, 6.45) is 1.50. The van der Waals surface area contributed by atoms with Gasteiger partial charge in [-0.1, -0.05) is 34.8 Å². The highest BCUT2D eigenvalue weighted by atomic mass is 35.5. The number of halogens is 3. The fourth-order valence-electron chi connectivity index (χ4n) is 2.01. The first-order chi connectivity index (χ1) is 9.00. The van der Waals surface area contributed by atoms with E-state index in [9.17, 15) is 9.90 Å². The summed E-state index contributed by atoms with van der Waals surface area (Å²) < 4.78 is 0. The number of hydrogen-bond donors (Lipinski definition) is 3. The van der Waals surface area contributed by atoms with Gasteiger partial charge in [0.05, 0.1) is 15.1 Å². The monoisotopic (exact) mass is 322 g/mol. The SMILES string of the molecule is O=C(Nc1c(O)c(Cl)cc(Cl)c1Cl)C1CCNCC1. The van der Waals surface area contributed by atoms with Crippen molar-refractivity contribution in [3.8, 4) is 5.75 Å². The van der Waals surface area contributed by atoms with Crippen LogP contribution in [0, 0.1) is 5.92 Å². The second kappa shape index (κ2) is 6.18. The third kappa shape index (κ3) is 3.26. The minimum absolute atomic E-state index is 0.0509. The Labute approximate surface area is 126 Å². The lowest BCUT2D eigenvalue weighted by Crippen LogP contribution is -2.34. The van der Waals surface area contributed by atoms with Gasteiger partial charge in [-0.15, -0.1) is 0 Å². The molecule has 1 aliphatic heterocycles. The van der Waals surface area contributed by atoms with Crippen LogP contribution in [0.3, 0.4) is 0 Å². The van der Waals surface area contributed by atoms with Crippen molar-refractivity contribution >= 4 is 46.4 Å². The number of rotatable bonds is 2. The van der Waals surface area contributed by atoms with Gasteiger partial charge >= 0.3 is 0 Å². The number of carbonyl (C=O) groups excluding carboxylic acids is 1. The Kier molecular flexibility index (Phi) is 4.79. The Bertz CT molecular complexity index is 476. The maximum Gasteiger partial charge on any atom is 0.227 e. The first-order valence-electron chi connectivity index (χ1n) is 5.88. The fourth-order valence-corrected chi connectivity index (χ4v) is 2.66. The molecule has 2 rings (SSSR count). The number of carbonyl (C=O) groups is 1. The number of benzene rings is 1. The zero-order chi connectivity index (χ0) is 14.0. The number of hydrogen-bond acceptors (Lipinski definition) is 3. The molecule has 1 fully saturated rings. The van der Waals surface area contributed by atoms with E-state index in [-0.39, 0.29) is 38.3 Å². The van der Waals surface area contributed by atoms with Gasteiger partial charge in [-0.3, -0.25) is 4.79 Å². The Hall–Kier alpha value is -0.680. The van der Waals surface area contributed by atoms with E-state index in [1.54, 1.807) is 0 Å². The molecule has 1 heterocycles. The van der Waals surface area contributed by atoms with Crippen molar-refractivity contribution < 1.29 is 9.90 Å². The molecule has 0 spiro atoms. The zero-order valence-corrected chi connectivity index (χ0v) is 12.2. The van der Waals surface area contributed by atoms with E-state index >= 15 is 0 Å². The van der Waals surface area contributed by atoms with Crippen LogP contribution in [-0.4, -0.2) is 24.1 Å². The van der Waals surface area contributed by atoms with Crippen LogP contribution in [0.2, 0.25) is 15.1 Å². The van der Waals surface area contributed by atoms with Crippen molar-refractivity contribution in [2.75, 3.05) is 18.4 Å². The average Bonchev–Trinajstić information content (AvgIpc) is 2.42. The number of amides is 1. The van der Waals surface area contributed by atoms with Crippen LogP contribution in [0.15, 0.2) is 6.07 Å². The summed E-state index contributed by atoms with van der Waals surface area (Å²) in [4.78, 5) is 12.1. The standard InChI is InChI=1S/C12H13Cl3N2O2/c13-7-5-8(14)11(18)10(9(7)15)17-12(19)6-1-3-16-4-2-6/h5-6,16,18H,1-4H2,(H,17,19). The Morgan fingerprint density at radius 2 is 1.89 bits per heavy atom. The van der Waals surface area contributed by atoms with Crippen LogP contribution >= 0.6 is 34.8 Å². The highest BCUT2D eigenvalue weighted by Gasteiger charge is 2.24. The van der Waals surface area contributed by atoms with E-state index in [1.165, 1.54) is 6.07 Å². The lowest BCUT2D eigenvalue weighted by molar-refractivity contribution is -0.120. The van der Waals surface area contributed by atoms with Crippen molar-refractivity contribution in [3.05, 3.63) is 21.1 Å². The summed E-state index contributed by atoms with van der Waals surface area (Å²) in [7, 11) is 0. The molecule has 1 aliphatic rings. The molecule has 7 heteroatoms. The summed E-state index contributed by atoms with van der Waals surface area (Å²) in [6.45, 7) is 1.60. The molecule has 0 atom stereocenters. The smallest absolute Gasteiger partial charge is 0.227 e. The normalized spacial score (nSPS) is 16.4. The van der Waals surface area contributed by atoms with E-state index in [0.29, 0.717) is 0 Å². The van der Waals surface area contributed by atoms with Crippen LogP contribution in [0.1, 0.15) is 12.8 Å². The van der Waals surface area contributed by atoms with Crippen molar-refractivity contribution in [3.63, 3.8) is 0 Å². The molecule has 3 N–H and O–H groups in total. The van der Waals surface area contributed by atoms with E-state index in [1.807, 2.05) is 0 Å². The van der Waals surface area contributed by atoms with E-state index < -0.39 is 0 Å². The van der Waals surface area contributed by atoms with Crippen molar-refractivity contribution in [2.24, 2.45) is 5.92 Å². The molecule has 1 aromatic carbocycles. The summed E-state index contributed by atoms with van der Waals surface area (Å²) in [6, 6.07) is 1.33. The summed E-state index contributed by atoms with van der Waals surface area (Å²) in [5.41, 5.74) is 0.0719. The molecule has 1 aromatic rings. The first kappa shape index (κ1) is 14.7. The molecule has 0 radical (unpaired) electrons. The van der Waals surface area contributed by atoms with Crippen molar-refractivity contribution in [1.82, 2.24) is 5.32 Å². The summed E-state index contributed by atoms with van der Waals surface area (Å²) >= 11 is 17.7. The average molecular weight is 324 g/mol. The molecule has 0 unspecified atom stereocenters. The minimum atomic E-state index is -0.265. The number of anilines is 1. The van der Waals surface area contributed by atoms with Crippen LogP contribution < -0.4 is 10.6 Å². The van der Waals surface area contributed by atoms with Crippen LogP contribution in [-0.2, 0) is 4.79 Å². The molecule has 0 aromatic heterocycles. The van der Waals surface area contributed by atoms with Crippen molar-refractivity contribution in [2.45, 2.75) is 12.8 Å². The van der Waals surface area contributed by atoms with Gasteiger partial charge in [0.1, 0.15) is 5.69 Å². The quantitative estimate of drug-likeness (QED) is 0.578. The predicted molar refractivity (Wildman–Crippen MR) is 77.4 cm³/mol. The van der Waals surface area contributed by atoms with Gasteiger partial charge in [0.15, 0.2) is 5.75 Å². The predicted octanol–water partition coefficient (Wildman–Crippen LogP) is 3.29. The molecule has 4 nitrogen and oxygen atoms in total. The van der Waals surface area contributed by atoms with E-state index in [2.05, 4.69) is 10.6 Å². The fraction of sp³-hybridized carbons (Fsp3) is 0.417. The van der Waals surface area contributed by atoms with Crippen LogP contribution in [0.5, 0.6) is 5.75 Å². The highest BCUT2D eigenvalue weighted by molar-refractivity contribution is 6.46. The Balaban J connectivity index is 2.20. The molecular formula is C12H13Cl3N2O2. The minimum Gasteiger partial charge on any atom is -0.504 e. The largest absolute Gasteiger partial charge is 0.504 e. The number of piperidine rings is 1. The second-order valence-electron chi connectivity index (χ2n) is 4.39. The second-order valence-corrected chi connectivity index (χ2v) is 5.58. The first-order valence-corrected chi connectivity index (χ1v) is 7.02. The van der Waals surface area contributed by atoms with Gasteiger partial charge < -0.3 is 15.7 Å². The summed E-state index contributed by atoms with van der Waals surface area (Å²) in [5, 5.41) is 16.0. The molecule has 0 bridgehead atoms. The third-order valence-corrected chi connectivity index (χ3v) is 4.18. The van der Waals surface area contributed by atoms with Gasteiger partial charge in [-0.2, -0.15) is 0 Å². The summed E-state index contributed by atoms with van der Waals surface area (Å²) in [5.74, 6) is -0.551. The molecule has 1 amide bonds. The van der Waals surface area contributed by atoms with Crippen LogP contribution in [0.25, 0.3) is 0 Å². The molecule has 1 saturated heterocycles.